The van der Waals surface area contributed by atoms with Gasteiger partial charge in [0.05, 0.1) is 25.4 Å². The number of anilines is 2. The lowest BCUT2D eigenvalue weighted by molar-refractivity contribution is -0.141. The summed E-state index contributed by atoms with van der Waals surface area (Å²) in [6, 6.07) is 3.75. The van der Waals surface area contributed by atoms with Crippen LogP contribution >= 0.6 is 0 Å². The Morgan fingerprint density at radius 3 is 2.52 bits per heavy atom. The van der Waals surface area contributed by atoms with Crippen molar-refractivity contribution in [2.24, 2.45) is 0 Å². The summed E-state index contributed by atoms with van der Waals surface area (Å²) in [5.41, 5.74) is 0.635. The zero-order chi connectivity index (χ0) is 16.7. The zero-order valence-electron chi connectivity index (χ0n) is 13.7. The molecule has 1 aliphatic rings. The summed E-state index contributed by atoms with van der Waals surface area (Å²) in [7, 11) is 1.31. The van der Waals surface area contributed by atoms with Crippen LogP contribution in [0.4, 0.5) is 11.5 Å². The third-order valence-electron chi connectivity index (χ3n) is 3.96. The number of hydrogen-bond acceptors (Lipinski definition) is 6. The van der Waals surface area contributed by atoms with Gasteiger partial charge in [-0.1, -0.05) is 6.92 Å². The summed E-state index contributed by atoms with van der Waals surface area (Å²) in [6.45, 7) is 7.27. The lowest BCUT2D eigenvalue weighted by atomic mass is 10.2. The molecule has 1 aromatic heterocycles. The van der Waals surface area contributed by atoms with E-state index in [0.717, 1.165) is 38.5 Å². The van der Waals surface area contributed by atoms with E-state index in [1.807, 2.05) is 12.1 Å². The van der Waals surface area contributed by atoms with Gasteiger partial charge in [-0.2, -0.15) is 0 Å². The molecule has 2 rings (SSSR count). The predicted molar refractivity (Wildman–Crippen MR) is 88.4 cm³/mol. The smallest absolute Gasteiger partial charge is 0.306 e. The van der Waals surface area contributed by atoms with Crippen molar-refractivity contribution >= 4 is 23.4 Å². The number of nitrogens with zero attached hydrogens (tertiary/aromatic N) is 3. The summed E-state index contributed by atoms with van der Waals surface area (Å²) in [5.74, 6) is 0.315. The first-order valence-corrected chi connectivity index (χ1v) is 7.92. The molecule has 0 radical (unpaired) electrons. The molecular weight excluding hydrogens is 296 g/mol. The number of amides is 1. The average Bonchev–Trinajstić information content (AvgIpc) is 2.60. The van der Waals surface area contributed by atoms with Gasteiger partial charge in [-0.05, 0) is 18.7 Å². The maximum absolute atomic E-state index is 11.7. The van der Waals surface area contributed by atoms with Crippen LogP contribution in [0.1, 0.15) is 19.8 Å². The Morgan fingerprint density at radius 1 is 1.22 bits per heavy atom. The van der Waals surface area contributed by atoms with Crippen LogP contribution in [-0.4, -0.2) is 61.6 Å². The minimum Gasteiger partial charge on any atom is -0.469 e. The first kappa shape index (κ1) is 17.2. The van der Waals surface area contributed by atoms with Gasteiger partial charge >= 0.3 is 5.97 Å². The van der Waals surface area contributed by atoms with Gasteiger partial charge in [0, 0.05) is 32.6 Å². The van der Waals surface area contributed by atoms with Gasteiger partial charge in [0.2, 0.25) is 5.91 Å². The van der Waals surface area contributed by atoms with Crippen LogP contribution in [0.5, 0.6) is 0 Å². The third kappa shape index (κ3) is 5.21. The molecule has 0 spiro atoms. The van der Waals surface area contributed by atoms with E-state index in [-0.39, 0.29) is 24.7 Å². The Hall–Kier alpha value is -2.15. The normalized spacial score (nSPS) is 15.3. The van der Waals surface area contributed by atoms with Crippen molar-refractivity contribution in [2.75, 3.05) is 50.1 Å². The lowest BCUT2D eigenvalue weighted by Gasteiger charge is -2.34. The number of esters is 1. The van der Waals surface area contributed by atoms with E-state index in [2.05, 4.69) is 31.8 Å². The molecule has 1 fully saturated rings. The Bertz CT molecular complexity index is 525. The van der Waals surface area contributed by atoms with Crippen LogP contribution in [0.3, 0.4) is 0 Å². The highest BCUT2D eigenvalue weighted by molar-refractivity contribution is 5.92. The highest BCUT2D eigenvalue weighted by atomic mass is 16.5. The molecule has 0 aliphatic carbocycles. The fraction of sp³-hybridized carbons (Fsp3) is 0.562. The Morgan fingerprint density at radius 2 is 1.96 bits per heavy atom. The number of ether oxygens (including phenoxy) is 1. The molecule has 1 N–H and O–H groups in total. The molecular formula is C16H24N4O3. The Kier molecular flexibility index (Phi) is 6.34. The molecule has 2 heterocycles. The molecule has 1 saturated heterocycles. The number of carbonyl (C=O) groups excluding carboxylic acids is 2. The van der Waals surface area contributed by atoms with Crippen molar-refractivity contribution in [3.8, 4) is 0 Å². The van der Waals surface area contributed by atoms with Gasteiger partial charge in [-0.15, -0.1) is 0 Å². The maximum Gasteiger partial charge on any atom is 0.306 e. The van der Waals surface area contributed by atoms with Crippen LogP contribution in [0.15, 0.2) is 18.3 Å². The Labute approximate surface area is 136 Å². The Balaban J connectivity index is 1.82. The number of pyridine rings is 1. The van der Waals surface area contributed by atoms with Crippen LogP contribution in [0, 0.1) is 0 Å². The molecule has 1 amide bonds. The molecule has 1 aromatic rings. The van der Waals surface area contributed by atoms with Gasteiger partial charge in [0.15, 0.2) is 0 Å². The number of carbonyl (C=O) groups is 2. The summed E-state index contributed by atoms with van der Waals surface area (Å²) in [4.78, 5) is 31.8. The molecule has 0 aromatic carbocycles. The van der Waals surface area contributed by atoms with Crippen molar-refractivity contribution in [1.29, 1.82) is 0 Å². The summed E-state index contributed by atoms with van der Waals surface area (Å²) < 4.78 is 4.51. The first-order valence-electron chi connectivity index (χ1n) is 7.92. The second-order valence-corrected chi connectivity index (χ2v) is 5.45. The second-order valence-electron chi connectivity index (χ2n) is 5.45. The zero-order valence-corrected chi connectivity index (χ0v) is 13.7. The maximum atomic E-state index is 11.7. The van der Waals surface area contributed by atoms with E-state index in [1.54, 1.807) is 6.20 Å². The number of likely N-dealkylation sites (N-methyl/N-ethyl adjacent to an activating group) is 1. The molecule has 7 nitrogen and oxygen atoms in total. The van der Waals surface area contributed by atoms with Gasteiger partial charge in [-0.3, -0.25) is 9.59 Å². The summed E-state index contributed by atoms with van der Waals surface area (Å²) in [5, 5.41) is 2.73. The summed E-state index contributed by atoms with van der Waals surface area (Å²) in [6.07, 6.45) is 1.83. The number of aromatic nitrogens is 1. The molecule has 1 aliphatic heterocycles. The molecule has 0 bridgehead atoms. The van der Waals surface area contributed by atoms with Crippen LogP contribution in [0.2, 0.25) is 0 Å². The van der Waals surface area contributed by atoms with E-state index < -0.39 is 0 Å². The van der Waals surface area contributed by atoms with E-state index in [4.69, 9.17) is 0 Å². The number of piperazine rings is 1. The highest BCUT2D eigenvalue weighted by Crippen LogP contribution is 2.16. The van der Waals surface area contributed by atoms with E-state index in [0.29, 0.717) is 5.69 Å². The summed E-state index contributed by atoms with van der Waals surface area (Å²) >= 11 is 0. The van der Waals surface area contributed by atoms with E-state index >= 15 is 0 Å². The first-order chi connectivity index (χ1) is 11.1. The number of nitrogens with one attached hydrogen (secondary N) is 1. The monoisotopic (exact) mass is 320 g/mol. The van der Waals surface area contributed by atoms with Crippen molar-refractivity contribution < 1.29 is 14.3 Å². The van der Waals surface area contributed by atoms with Gasteiger partial charge in [-0.25, -0.2) is 4.98 Å². The minimum atomic E-state index is -0.389. The largest absolute Gasteiger partial charge is 0.469 e. The minimum absolute atomic E-state index is 0.0789. The topological polar surface area (TPSA) is 74.8 Å². The van der Waals surface area contributed by atoms with Crippen LogP contribution in [0.25, 0.3) is 0 Å². The van der Waals surface area contributed by atoms with Crippen molar-refractivity contribution in [1.82, 2.24) is 9.88 Å². The van der Waals surface area contributed by atoms with Crippen LogP contribution in [-0.2, 0) is 14.3 Å². The average molecular weight is 320 g/mol. The van der Waals surface area contributed by atoms with Crippen molar-refractivity contribution in [3.05, 3.63) is 18.3 Å². The van der Waals surface area contributed by atoms with Crippen molar-refractivity contribution in [3.63, 3.8) is 0 Å². The third-order valence-corrected chi connectivity index (χ3v) is 3.96. The van der Waals surface area contributed by atoms with Crippen LogP contribution < -0.4 is 10.2 Å². The second kappa shape index (κ2) is 8.47. The van der Waals surface area contributed by atoms with E-state index in [1.165, 1.54) is 7.11 Å². The standard InChI is InChI=1S/C16H24N4O3/c1-3-19-8-10-20(11-9-19)14-5-4-13(12-17-14)18-15(21)6-7-16(22)23-2/h4-5,12H,3,6-11H2,1-2H3,(H,18,21). The number of methoxy groups -OCH3 is 1. The van der Waals surface area contributed by atoms with E-state index in [9.17, 15) is 9.59 Å². The van der Waals surface area contributed by atoms with Gasteiger partial charge < -0.3 is 19.9 Å². The fourth-order valence-corrected chi connectivity index (χ4v) is 2.48. The molecule has 23 heavy (non-hydrogen) atoms. The quantitative estimate of drug-likeness (QED) is 0.792. The fourth-order valence-electron chi connectivity index (χ4n) is 2.48. The molecule has 0 unspecified atom stereocenters. The molecule has 0 atom stereocenters. The van der Waals surface area contributed by atoms with Gasteiger partial charge in [0.1, 0.15) is 5.82 Å². The number of rotatable bonds is 6. The number of hydrogen-bond donors (Lipinski definition) is 1. The predicted octanol–water partition coefficient (Wildman–Crippen LogP) is 1.12. The molecule has 7 heteroatoms. The van der Waals surface area contributed by atoms with Gasteiger partial charge in [0.25, 0.3) is 0 Å². The van der Waals surface area contributed by atoms with Crippen molar-refractivity contribution in [2.45, 2.75) is 19.8 Å². The molecule has 0 saturated carbocycles. The lowest BCUT2D eigenvalue weighted by Crippen LogP contribution is -2.46. The highest BCUT2D eigenvalue weighted by Gasteiger charge is 2.16. The SMILES string of the molecule is CCN1CCN(c2ccc(NC(=O)CCC(=O)OC)cn2)CC1. The molecule has 126 valence electrons.